The quantitative estimate of drug-likeness (QED) is 0.769. The number of nitrogens with one attached hydrogen (secondary N) is 1. The smallest absolute Gasteiger partial charge is 0.303 e. The molecule has 1 amide bonds. The zero-order chi connectivity index (χ0) is 14.4. The van der Waals surface area contributed by atoms with E-state index in [0.29, 0.717) is 18.5 Å². The van der Waals surface area contributed by atoms with Crippen LogP contribution in [0.3, 0.4) is 0 Å². The molecule has 1 aromatic heterocycles. The van der Waals surface area contributed by atoms with Crippen molar-refractivity contribution in [1.29, 1.82) is 0 Å². The lowest BCUT2D eigenvalue weighted by atomic mass is 10.2. The molecule has 1 aromatic carbocycles. The number of rotatable bonds is 7. The average Bonchev–Trinajstić information content (AvgIpc) is 2.89. The van der Waals surface area contributed by atoms with Crippen LogP contribution in [0.1, 0.15) is 36.0 Å². The average molecular weight is 292 g/mol. The number of nitrogens with zero attached hydrogens (tertiary/aromatic N) is 1. The SMILES string of the molecule is O=C(O)CCCCCNC(=O)c1ccc2ncsc2c1. The number of fused-ring (bicyclic) bond motifs is 1. The molecule has 1 heterocycles. The lowest BCUT2D eigenvalue weighted by molar-refractivity contribution is -0.137. The number of amides is 1. The van der Waals surface area contributed by atoms with Crippen LogP contribution in [0, 0.1) is 0 Å². The summed E-state index contributed by atoms with van der Waals surface area (Å²) >= 11 is 1.51. The molecule has 0 aliphatic heterocycles. The number of unbranched alkanes of at least 4 members (excludes halogenated alkanes) is 2. The second-order valence-corrected chi connectivity index (χ2v) is 5.38. The van der Waals surface area contributed by atoms with Gasteiger partial charge in [-0.2, -0.15) is 0 Å². The summed E-state index contributed by atoms with van der Waals surface area (Å²) in [5, 5.41) is 11.3. The maximum atomic E-state index is 11.9. The Balaban J connectivity index is 1.75. The number of thiazole rings is 1. The van der Waals surface area contributed by atoms with Crippen molar-refractivity contribution >= 4 is 33.4 Å². The Kier molecular flexibility index (Phi) is 5.06. The zero-order valence-electron chi connectivity index (χ0n) is 11.0. The molecule has 0 radical (unpaired) electrons. The van der Waals surface area contributed by atoms with Gasteiger partial charge in [0.25, 0.3) is 5.91 Å². The van der Waals surface area contributed by atoms with E-state index in [1.807, 2.05) is 12.1 Å². The second-order valence-electron chi connectivity index (χ2n) is 4.50. The molecular formula is C14H16N2O3S. The Morgan fingerprint density at radius 3 is 2.90 bits per heavy atom. The first kappa shape index (κ1) is 14.5. The Morgan fingerprint density at radius 2 is 2.10 bits per heavy atom. The highest BCUT2D eigenvalue weighted by molar-refractivity contribution is 7.16. The van der Waals surface area contributed by atoms with E-state index in [-0.39, 0.29) is 12.3 Å². The summed E-state index contributed by atoms with van der Waals surface area (Å²) in [4.78, 5) is 26.4. The topological polar surface area (TPSA) is 79.3 Å². The first-order chi connectivity index (χ1) is 9.66. The molecule has 106 valence electrons. The van der Waals surface area contributed by atoms with E-state index in [9.17, 15) is 9.59 Å². The molecule has 0 unspecified atom stereocenters. The standard InChI is InChI=1S/C14H16N2O3S/c17-13(18)4-2-1-3-7-15-14(19)10-5-6-11-12(8-10)20-9-16-11/h5-6,8-9H,1-4,7H2,(H,15,19)(H,17,18). The Morgan fingerprint density at radius 1 is 1.25 bits per heavy atom. The van der Waals surface area contributed by atoms with Crippen molar-refractivity contribution < 1.29 is 14.7 Å². The number of benzene rings is 1. The van der Waals surface area contributed by atoms with Gasteiger partial charge in [0.15, 0.2) is 0 Å². The molecule has 5 nitrogen and oxygen atoms in total. The fraction of sp³-hybridized carbons (Fsp3) is 0.357. The molecular weight excluding hydrogens is 276 g/mol. The summed E-state index contributed by atoms with van der Waals surface area (Å²) in [5.41, 5.74) is 3.29. The van der Waals surface area contributed by atoms with Crippen LogP contribution in [0.5, 0.6) is 0 Å². The van der Waals surface area contributed by atoms with E-state index >= 15 is 0 Å². The van der Waals surface area contributed by atoms with Crippen molar-refractivity contribution in [3.63, 3.8) is 0 Å². The van der Waals surface area contributed by atoms with Crippen LogP contribution in [-0.2, 0) is 4.79 Å². The van der Waals surface area contributed by atoms with Crippen molar-refractivity contribution in [3.05, 3.63) is 29.3 Å². The number of aliphatic carboxylic acids is 1. The highest BCUT2D eigenvalue weighted by Crippen LogP contribution is 2.18. The van der Waals surface area contributed by atoms with Crippen LogP contribution in [0.25, 0.3) is 10.2 Å². The number of hydrogen-bond donors (Lipinski definition) is 2. The van der Waals surface area contributed by atoms with Gasteiger partial charge in [0.05, 0.1) is 15.7 Å². The van der Waals surface area contributed by atoms with Gasteiger partial charge in [-0.3, -0.25) is 9.59 Å². The van der Waals surface area contributed by atoms with E-state index in [1.54, 1.807) is 11.6 Å². The molecule has 0 fully saturated rings. The summed E-state index contributed by atoms with van der Waals surface area (Å²) in [7, 11) is 0. The molecule has 0 bridgehead atoms. The highest BCUT2D eigenvalue weighted by Gasteiger charge is 2.06. The Hall–Kier alpha value is -1.95. The van der Waals surface area contributed by atoms with E-state index in [1.165, 1.54) is 11.3 Å². The van der Waals surface area contributed by atoms with Crippen LogP contribution < -0.4 is 5.32 Å². The van der Waals surface area contributed by atoms with Gasteiger partial charge in [0, 0.05) is 18.5 Å². The molecule has 2 rings (SSSR count). The van der Waals surface area contributed by atoms with E-state index < -0.39 is 5.97 Å². The summed E-state index contributed by atoms with van der Waals surface area (Å²) in [6.07, 6.45) is 2.44. The maximum Gasteiger partial charge on any atom is 0.303 e. The molecule has 0 saturated heterocycles. The van der Waals surface area contributed by atoms with Gasteiger partial charge in [0.2, 0.25) is 0 Å². The third kappa shape index (κ3) is 4.03. The molecule has 0 saturated carbocycles. The van der Waals surface area contributed by atoms with E-state index in [4.69, 9.17) is 5.11 Å². The molecule has 20 heavy (non-hydrogen) atoms. The number of hydrogen-bond acceptors (Lipinski definition) is 4. The van der Waals surface area contributed by atoms with Crippen LogP contribution in [0.2, 0.25) is 0 Å². The van der Waals surface area contributed by atoms with Gasteiger partial charge in [-0.1, -0.05) is 6.42 Å². The van der Waals surface area contributed by atoms with Gasteiger partial charge in [0.1, 0.15) is 0 Å². The minimum atomic E-state index is -0.771. The molecule has 0 aliphatic carbocycles. The number of carboxylic acids is 1. The number of aromatic nitrogens is 1. The largest absolute Gasteiger partial charge is 0.481 e. The third-order valence-corrected chi connectivity index (χ3v) is 3.74. The molecule has 0 spiro atoms. The zero-order valence-corrected chi connectivity index (χ0v) is 11.8. The van der Waals surface area contributed by atoms with Crippen molar-refractivity contribution in [2.45, 2.75) is 25.7 Å². The fourth-order valence-corrected chi connectivity index (χ4v) is 2.59. The van der Waals surface area contributed by atoms with Crippen LogP contribution in [0.15, 0.2) is 23.7 Å². The van der Waals surface area contributed by atoms with Crippen LogP contribution in [-0.4, -0.2) is 28.5 Å². The van der Waals surface area contributed by atoms with Crippen LogP contribution in [0.4, 0.5) is 0 Å². The number of carboxylic acid groups (broad SMARTS) is 1. The first-order valence-electron chi connectivity index (χ1n) is 6.50. The molecule has 2 N–H and O–H groups in total. The molecule has 6 heteroatoms. The highest BCUT2D eigenvalue weighted by atomic mass is 32.1. The maximum absolute atomic E-state index is 11.9. The molecule has 0 aliphatic rings. The lowest BCUT2D eigenvalue weighted by Crippen LogP contribution is -2.24. The van der Waals surface area contributed by atoms with E-state index in [0.717, 1.165) is 23.1 Å². The van der Waals surface area contributed by atoms with Gasteiger partial charge in [-0.25, -0.2) is 4.98 Å². The first-order valence-corrected chi connectivity index (χ1v) is 7.38. The summed E-state index contributed by atoms with van der Waals surface area (Å²) in [6, 6.07) is 5.45. The monoisotopic (exact) mass is 292 g/mol. The Labute approximate surface area is 120 Å². The molecule has 2 aromatic rings. The lowest BCUT2D eigenvalue weighted by Gasteiger charge is -2.05. The molecule has 0 atom stereocenters. The van der Waals surface area contributed by atoms with Crippen molar-refractivity contribution in [2.75, 3.05) is 6.54 Å². The predicted octanol–water partition coefficient (Wildman–Crippen LogP) is 2.67. The van der Waals surface area contributed by atoms with Gasteiger partial charge in [-0.05, 0) is 31.0 Å². The van der Waals surface area contributed by atoms with Crippen molar-refractivity contribution in [3.8, 4) is 0 Å². The van der Waals surface area contributed by atoms with Gasteiger partial charge >= 0.3 is 5.97 Å². The summed E-state index contributed by atoms with van der Waals surface area (Å²) in [5.74, 6) is -0.870. The summed E-state index contributed by atoms with van der Waals surface area (Å²) in [6.45, 7) is 0.569. The number of carbonyl (C=O) groups excluding carboxylic acids is 1. The summed E-state index contributed by atoms with van der Waals surface area (Å²) < 4.78 is 0.999. The normalized spacial score (nSPS) is 10.6. The van der Waals surface area contributed by atoms with Gasteiger partial charge in [-0.15, -0.1) is 11.3 Å². The minimum absolute atomic E-state index is 0.0986. The minimum Gasteiger partial charge on any atom is -0.481 e. The van der Waals surface area contributed by atoms with E-state index in [2.05, 4.69) is 10.3 Å². The van der Waals surface area contributed by atoms with Crippen LogP contribution >= 0.6 is 11.3 Å². The van der Waals surface area contributed by atoms with Gasteiger partial charge < -0.3 is 10.4 Å². The van der Waals surface area contributed by atoms with Crippen molar-refractivity contribution in [1.82, 2.24) is 10.3 Å². The number of carbonyl (C=O) groups is 2. The second kappa shape index (κ2) is 7.00. The van der Waals surface area contributed by atoms with Crippen molar-refractivity contribution in [2.24, 2.45) is 0 Å². The third-order valence-electron chi connectivity index (χ3n) is 2.95. The Bertz CT molecular complexity index is 609. The predicted molar refractivity (Wildman–Crippen MR) is 78.1 cm³/mol. The fourth-order valence-electron chi connectivity index (χ4n) is 1.88.